The van der Waals surface area contributed by atoms with E-state index in [4.69, 9.17) is 0 Å². The van der Waals surface area contributed by atoms with Crippen LogP contribution >= 0.6 is 0 Å². The van der Waals surface area contributed by atoms with Gasteiger partial charge >= 0.3 is 0 Å². The molecule has 0 aliphatic rings. The molecule has 0 aliphatic heterocycles. The van der Waals surface area contributed by atoms with E-state index in [1.54, 1.807) is 0 Å². The van der Waals surface area contributed by atoms with Crippen LogP contribution in [-0.2, 0) is 18.6 Å². The molecule has 0 amide bonds. The van der Waals surface area contributed by atoms with Gasteiger partial charge < -0.3 is 10.2 Å². The summed E-state index contributed by atoms with van der Waals surface area (Å²) in [5, 5.41) is 3.26. The zero-order valence-electron chi connectivity index (χ0n) is 7.89. The van der Waals surface area contributed by atoms with Crippen LogP contribution in [0.5, 0.6) is 0 Å². The SMILES string of the molecule is C=C(NC(C)CC)N(C)C.[V]. The van der Waals surface area contributed by atoms with E-state index in [1.165, 1.54) is 0 Å². The molecular formula is C8H18N2V. The molecule has 0 saturated heterocycles. The molecule has 0 aromatic heterocycles. The maximum absolute atomic E-state index is 3.86. The number of nitrogens with one attached hydrogen (secondary N) is 1. The smallest absolute Gasteiger partial charge is 0.0935 e. The molecule has 11 heavy (non-hydrogen) atoms. The summed E-state index contributed by atoms with van der Waals surface area (Å²) in [4.78, 5) is 1.98. The van der Waals surface area contributed by atoms with Crippen LogP contribution in [0.1, 0.15) is 20.3 Å². The zero-order chi connectivity index (χ0) is 8.15. The average Bonchev–Trinajstić information content (AvgIpc) is 1.87. The number of rotatable bonds is 4. The summed E-state index contributed by atoms with van der Waals surface area (Å²) in [5.74, 6) is 0.981. The van der Waals surface area contributed by atoms with Gasteiger partial charge in [0, 0.05) is 38.7 Å². The normalized spacial score (nSPS) is 11.3. The van der Waals surface area contributed by atoms with Crippen molar-refractivity contribution < 1.29 is 18.6 Å². The minimum Gasteiger partial charge on any atom is -0.370 e. The third-order valence-corrected chi connectivity index (χ3v) is 1.57. The van der Waals surface area contributed by atoms with Crippen molar-refractivity contribution in [1.29, 1.82) is 0 Å². The molecule has 1 radical (unpaired) electrons. The molecule has 0 spiro atoms. The molecule has 0 saturated carbocycles. The van der Waals surface area contributed by atoms with E-state index < -0.39 is 0 Å². The summed E-state index contributed by atoms with van der Waals surface area (Å²) in [6.45, 7) is 8.16. The second kappa shape index (κ2) is 6.62. The van der Waals surface area contributed by atoms with Crippen LogP contribution < -0.4 is 5.32 Å². The first-order valence-electron chi connectivity index (χ1n) is 3.70. The van der Waals surface area contributed by atoms with Gasteiger partial charge in [-0.1, -0.05) is 13.5 Å². The van der Waals surface area contributed by atoms with Gasteiger partial charge in [-0.15, -0.1) is 0 Å². The predicted molar refractivity (Wildman–Crippen MR) is 45.7 cm³/mol. The molecule has 3 heteroatoms. The summed E-state index contributed by atoms with van der Waals surface area (Å²) < 4.78 is 0. The summed E-state index contributed by atoms with van der Waals surface area (Å²) >= 11 is 0. The van der Waals surface area contributed by atoms with Crippen LogP contribution in [0.3, 0.4) is 0 Å². The Kier molecular flexibility index (Phi) is 8.13. The molecule has 0 heterocycles. The minimum absolute atomic E-state index is 0. The fraction of sp³-hybridized carbons (Fsp3) is 0.750. The second-order valence-corrected chi connectivity index (χ2v) is 2.79. The van der Waals surface area contributed by atoms with Crippen LogP contribution in [0.2, 0.25) is 0 Å². The van der Waals surface area contributed by atoms with Crippen LogP contribution in [0.25, 0.3) is 0 Å². The predicted octanol–water partition coefficient (Wildman–Crippen LogP) is 1.40. The molecule has 1 unspecified atom stereocenters. The Morgan fingerprint density at radius 2 is 2.00 bits per heavy atom. The van der Waals surface area contributed by atoms with Crippen molar-refractivity contribution in [3.05, 3.63) is 12.4 Å². The number of hydrogen-bond acceptors (Lipinski definition) is 2. The van der Waals surface area contributed by atoms with E-state index in [-0.39, 0.29) is 18.6 Å². The van der Waals surface area contributed by atoms with Gasteiger partial charge in [0.05, 0.1) is 5.82 Å². The molecule has 1 atom stereocenters. The number of nitrogens with zero attached hydrogens (tertiary/aromatic N) is 1. The topological polar surface area (TPSA) is 15.3 Å². The summed E-state index contributed by atoms with van der Waals surface area (Å²) in [5.41, 5.74) is 0. The molecule has 0 bridgehead atoms. The van der Waals surface area contributed by atoms with Crippen molar-refractivity contribution in [3.63, 3.8) is 0 Å². The van der Waals surface area contributed by atoms with Gasteiger partial charge in [0.25, 0.3) is 0 Å². The molecule has 65 valence electrons. The van der Waals surface area contributed by atoms with Crippen molar-refractivity contribution in [2.75, 3.05) is 14.1 Å². The third kappa shape index (κ3) is 6.33. The van der Waals surface area contributed by atoms with Crippen LogP contribution in [-0.4, -0.2) is 25.0 Å². The Hall–Kier alpha value is -0.0756. The molecule has 0 rings (SSSR count). The van der Waals surface area contributed by atoms with Crippen molar-refractivity contribution in [2.45, 2.75) is 26.3 Å². The molecule has 1 N–H and O–H groups in total. The standard InChI is InChI=1S/C8H18N2.V/c1-6-7(2)9-8(3)10(4)5;/h7,9H,3,6H2,1-2,4-5H3;. The first-order valence-corrected chi connectivity index (χ1v) is 3.70. The quantitative estimate of drug-likeness (QED) is 0.726. The van der Waals surface area contributed by atoms with Gasteiger partial charge in [-0.05, 0) is 13.3 Å². The minimum atomic E-state index is 0. The largest absolute Gasteiger partial charge is 0.370 e. The monoisotopic (exact) mass is 193 g/mol. The molecule has 0 aliphatic carbocycles. The zero-order valence-corrected chi connectivity index (χ0v) is 9.28. The van der Waals surface area contributed by atoms with Crippen LogP contribution in [0.15, 0.2) is 12.4 Å². The molecular weight excluding hydrogens is 175 g/mol. The Morgan fingerprint density at radius 1 is 1.55 bits per heavy atom. The van der Waals surface area contributed by atoms with E-state index in [2.05, 4.69) is 25.7 Å². The van der Waals surface area contributed by atoms with Crippen LogP contribution in [0, 0.1) is 0 Å². The molecule has 0 fully saturated rings. The van der Waals surface area contributed by atoms with Crippen molar-refractivity contribution in [2.24, 2.45) is 0 Å². The van der Waals surface area contributed by atoms with E-state index in [9.17, 15) is 0 Å². The fourth-order valence-electron chi connectivity index (χ4n) is 0.516. The van der Waals surface area contributed by atoms with Gasteiger partial charge in [0.15, 0.2) is 0 Å². The Bertz CT molecular complexity index is 113. The van der Waals surface area contributed by atoms with Gasteiger partial charge in [-0.25, -0.2) is 0 Å². The van der Waals surface area contributed by atoms with Crippen LogP contribution in [0.4, 0.5) is 0 Å². The van der Waals surface area contributed by atoms with E-state index >= 15 is 0 Å². The fourth-order valence-corrected chi connectivity index (χ4v) is 0.516. The van der Waals surface area contributed by atoms with Gasteiger partial charge in [-0.2, -0.15) is 0 Å². The molecule has 0 aromatic carbocycles. The second-order valence-electron chi connectivity index (χ2n) is 2.79. The van der Waals surface area contributed by atoms with E-state index in [0.29, 0.717) is 6.04 Å². The van der Waals surface area contributed by atoms with Crippen molar-refractivity contribution >= 4 is 0 Å². The maximum Gasteiger partial charge on any atom is 0.0935 e. The van der Waals surface area contributed by atoms with E-state index in [0.717, 1.165) is 12.2 Å². The van der Waals surface area contributed by atoms with Crippen molar-refractivity contribution in [3.8, 4) is 0 Å². The first-order chi connectivity index (χ1) is 4.57. The summed E-state index contributed by atoms with van der Waals surface area (Å²) in [6.07, 6.45) is 1.13. The Balaban J connectivity index is 0. The third-order valence-electron chi connectivity index (χ3n) is 1.57. The van der Waals surface area contributed by atoms with Gasteiger partial charge in [0.2, 0.25) is 0 Å². The molecule has 2 nitrogen and oxygen atoms in total. The average molecular weight is 193 g/mol. The Morgan fingerprint density at radius 3 is 2.27 bits per heavy atom. The maximum atomic E-state index is 3.86. The van der Waals surface area contributed by atoms with Gasteiger partial charge in [-0.3, -0.25) is 0 Å². The Labute approximate surface area is 81.9 Å². The summed E-state index contributed by atoms with van der Waals surface area (Å²) in [7, 11) is 3.97. The first kappa shape index (κ1) is 13.5. The summed E-state index contributed by atoms with van der Waals surface area (Å²) in [6, 6.07) is 0.523. The van der Waals surface area contributed by atoms with E-state index in [1.807, 2.05) is 19.0 Å². The van der Waals surface area contributed by atoms with Crippen molar-refractivity contribution in [1.82, 2.24) is 10.2 Å². The number of hydrogen-bond donors (Lipinski definition) is 1. The molecule has 0 aromatic rings. The van der Waals surface area contributed by atoms with Gasteiger partial charge in [0.1, 0.15) is 0 Å².